The molecule has 0 aromatic heterocycles. The van der Waals surface area contributed by atoms with Gasteiger partial charge >= 0.3 is 5.97 Å². The number of rotatable bonds is 7. The fourth-order valence-corrected chi connectivity index (χ4v) is 4.26. The first-order valence-electron chi connectivity index (χ1n) is 8.65. The quantitative estimate of drug-likeness (QED) is 0.725. The molecule has 7 nitrogen and oxygen atoms in total. The smallest absolute Gasteiger partial charge is 0.338 e. The lowest BCUT2D eigenvalue weighted by Gasteiger charge is -2.21. The van der Waals surface area contributed by atoms with Crippen LogP contribution in [0.25, 0.3) is 0 Å². The average Bonchev–Trinajstić information content (AvgIpc) is 2.86. The summed E-state index contributed by atoms with van der Waals surface area (Å²) in [5.41, 5.74) is 1.67. The second-order valence-corrected chi connectivity index (χ2v) is 8.92. The Morgan fingerprint density at radius 3 is 2.65 bits per heavy atom. The summed E-state index contributed by atoms with van der Waals surface area (Å²) >= 11 is 0. The summed E-state index contributed by atoms with van der Waals surface area (Å²) < 4.78 is 30.2. The fourth-order valence-electron chi connectivity index (χ4n) is 3.00. The Hall–Kier alpha value is -2.09. The molecule has 1 heterocycles. The second kappa shape index (κ2) is 8.07. The van der Waals surface area contributed by atoms with Gasteiger partial charge in [-0.1, -0.05) is 13.8 Å². The van der Waals surface area contributed by atoms with E-state index in [2.05, 4.69) is 19.2 Å². The number of carbonyl (C=O) groups excluding carboxylic acids is 2. The second-order valence-electron chi connectivity index (χ2n) is 7.06. The monoisotopic (exact) mass is 382 g/mol. The molecule has 0 radical (unpaired) electrons. The van der Waals surface area contributed by atoms with Gasteiger partial charge in [0.1, 0.15) is 0 Å². The first-order chi connectivity index (χ1) is 12.1. The lowest BCUT2D eigenvalue weighted by atomic mass is 10.1. The minimum Gasteiger partial charge on any atom is -0.452 e. The van der Waals surface area contributed by atoms with E-state index in [0.717, 1.165) is 12.0 Å². The number of hydrogen-bond acceptors (Lipinski definition) is 5. The molecular weight excluding hydrogens is 356 g/mol. The summed E-state index contributed by atoms with van der Waals surface area (Å²) in [6, 6.07) is 4.57. The van der Waals surface area contributed by atoms with Crippen molar-refractivity contribution in [2.24, 2.45) is 5.92 Å². The summed E-state index contributed by atoms with van der Waals surface area (Å²) in [4.78, 5) is 23.8. The SMILES string of the molecule is CC(C)CCNC(=O)COC(=O)c1ccc2c(c1)C[C@@H](C)N2S(C)(=O)=O. The van der Waals surface area contributed by atoms with Crippen LogP contribution in [0.3, 0.4) is 0 Å². The predicted molar refractivity (Wildman–Crippen MR) is 99.7 cm³/mol. The topological polar surface area (TPSA) is 92.8 Å². The number of benzene rings is 1. The minimum atomic E-state index is -3.37. The zero-order chi connectivity index (χ0) is 19.5. The summed E-state index contributed by atoms with van der Waals surface area (Å²) in [6.07, 6.45) is 2.55. The molecule has 1 aromatic rings. The van der Waals surface area contributed by atoms with Crippen molar-refractivity contribution >= 4 is 27.6 Å². The molecule has 144 valence electrons. The van der Waals surface area contributed by atoms with Gasteiger partial charge in [0, 0.05) is 12.6 Å². The van der Waals surface area contributed by atoms with Gasteiger partial charge < -0.3 is 10.1 Å². The van der Waals surface area contributed by atoms with Crippen molar-refractivity contribution in [3.8, 4) is 0 Å². The zero-order valence-corrected chi connectivity index (χ0v) is 16.4. The van der Waals surface area contributed by atoms with E-state index in [4.69, 9.17) is 4.74 Å². The predicted octanol–water partition coefficient (Wildman–Crippen LogP) is 1.72. The first-order valence-corrected chi connectivity index (χ1v) is 10.5. The molecule has 0 spiro atoms. The van der Waals surface area contributed by atoms with E-state index in [1.807, 2.05) is 6.92 Å². The van der Waals surface area contributed by atoms with Crippen LogP contribution < -0.4 is 9.62 Å². The summed E-state index contributed by atoms with van der Waals surface area (Å²) in [7, 11) is -3.37. The number of ether oxygens (including phenoxy) is 1. The molecule has 1 aliphatic heterocycles. The van der Waals surface area contributed by atoms with E-state index in [0.29, 0.717) is 30.1 Å². The third-order valence-corrected chi connectivity index (χ3v) is 5.47. The van der Waals surface area contributed by atoms with Crippen LogP contribution in [0.4, 0.5) is 5.69 Å². The average molecular weight is 382 g/mol. The van der Waals surface area contributed by atoms with E-state index < -0.39 is 16.0 Å². The number of nitrogens with one attached hydrogen (secondary N) is 1. The van der Waals surface area contributed by atoms with Gasteiger partial charge in [-0.15, -0.1) is 0 Å². The molecule has 1 atom stereocenters. The van der Waals surface area contributed by atoms with Crippen molar-refractivity contribution in [1.82, 2.24) is 5.32 Å². The molecule has 26 heavy (non-hydrogen) atoms. The van der Waals surface area contributed by atoms with Crippen molar-refractivity contribution in [2.45, 2.75) is 39.7 Å². The van der Waals surface area contributed by atoms with Crippen molar-refractivity contribution < 1.29 is 22.7 Å². The maximum Gasteiger partial charge on any atom is 0.338 e. The lowest BCUT2D eigenvalue weighted by Crippen LogP contribution is -2.34. The molecule has 2 rings (SSSR count). The highest BCUT2D eigenvalue weighted by atomic mass is 32.2. The van der Waals surface area contributed by atoms with Crippen molar-refractivity contribution in [2.75, 3.05) is 23.7 Å². The van der Waals surface area contributed by atoms with Gasteiger partial charge in [-0.05, 0) is 49.4 Å². The lowest BCUT2D eigenvalue weighted by molar-refractivity contribution is -0.124. The molecule has 0 saturated carbocycles. The van der Waals surface area contributed by atoms with Crippen molar-refractivity contribution in [3.05, 3.63) is 29.3 Å². The summed E-state index contributed by atoms with van der Waals surface area (Å²) in [6.45, 7) is 6.16. The molecule has 8 heteroatoms. The van der Waals surface area contributed by atoms with Crippen LogP contribution >= 0.6 is 0 Å². The molecule has 1 aromatic carbocycles. The maximum absolute atomic E-state index is 12.2. The van der Waals surface area contributed by atoms with E-state index in [9.17, 15) is 18.0 Å². The molecule has 0 unspecified atom stereocenters. The number of fused-ring (bicyclic) bond motifs is 1. The fraction of sp³-hybridized carbons (Fsp3) is 0.556. The minimum absolute atomic E-state index is 0.196. The number of amides is 1. The first kappa shape index (κ1) is 20.2. The third kappa shape index (κ3) is 4.97. The number of nitrogens with zero attached hydrogens (tertiary/aromatic N) is 1. The normalized spacial score (nSPS) is 16.5. The van der Waals surface area contributed by atoms with Gasteiger partial charge in [-0.3, -0.25) is 9.10 Å². The van der Waals surface area contributed by atoms with Gasteiger partial charge in [-0.2, -0.15) is 0 Å². The van der Waals surface area contributed by atoms with Gasteiger partial charge in [0.05, 0.1) is 17.5 Å². The molecule has 0 saturated heterocycles. The van der Waals surface area contributed by atoms with Gasteiger partial charge in [0.2, 0.25) is 10.0 Å². The molecule has 1 amide bonds. The number of sulfonamides is 1. The zero-order valence-electron chi connectivity index (χ0n) is 15.6. The van der Waals surface area contributed by atoms with Gasteiger partial charge in [-0.25, -0.2) is 13.2 Å². The van der Waals surface area contributed by atoms with E-state index in [1.54, 1.807) is 12.1 Å². The van der Waals surface area contributed by atoms with Crippen LogP contribution in [0.1, 0.15) is 43.1 Å². The Bertz CT molecular complexity index is 789. The highest BCUT2D eigenvalue weighted by molar-refractivity contribution is 7.92. The van der Waals surface area contributed by atoms with Crippen LogP contribution in [0.2, 0.25) is 0 Å². The van der Waals surface area contributed by atoms with Gasteiger partial charge in [0.15, 0.2) is 6.61 Å². The van der Waals surface area contributed by atoms with Gasteiger partial charge in [0.25, 0.3) is 5.91 Å². The Kier molecular flexibility index (Phi) is 6.28. The van der Waals surface area contributed by atoms with E-state index in [1.165, 1.54) is 16.6 Å². The highest BCUT2D eigenvalue weighted by Gasteiger charge is 2.32. The molecule has 0 aliphatic carbocycles. The summed E-state index contributed by atoms with van der Waals surface area (Å²) in [5, 5.41) is 2.70. The number of esters is 1. The largest absolute Gasteiger partial charge is 0.452 e. The molecule has 0 fully saturated rings. The Morgan fingerprint density at radius 2 is 2.04 bits per heavy atom. The molecule has 1 N–H and O–H groups in total. The number of carbonyl (C=O) groups is 2. The van der Waals surface area contributed by atoms with Crippen molar-refractivity contribution in [1.29, 1.82) is 0 Å². The van der Waals surface area contributed by atoms with E-state index >= 15 is 0 Å². The van der Waals surface area contributed by atoms with Crippen LogP contribution in [0.15, 0.2) is 18.2 Å². The molecule has 1 aliphatic rings. The van der Waals surface area contributed by atoms with Crippen molar-refractivity contribution in [3.63, 3.8) is 0 Å². The van der Waals surface area contributed by atoms with Crippen LogP contribution in [0.5, 0.6) is 0 Å². The number of hydrogen-bond donors (Lipinski definition) is 1. The standard InChI is InChI=1S/C18H26N2O5S/c1-12(2)7-8-19-17(21)11-25-18(22)14-5-6-16-15(10-14)9-13(3)20(16)26(4,23)24/h5-6,10,12-13H,7-9,11H2,1-4H3,(H,19,21)/t13-/m1/s1. The Labute approximate surface area is 154 Å². The Balaban J connectivity index is 1.98. The summed E-state index contributed by atoms with van der Waals surface area (Å²) in [5.74, 6) is -0.451. The third-order valence-electron chi connectivity index (χ3n) is 4.20. The van der Waals surface area contributed by atoms with Crippen LogP contribution in [-0.4, -0.2) is 45.7 Å². The molecule has 0 bridgehead atoms. The molecular formula is C18H26N2O5S. The van der Waals surface area contributed by atoms with Crippen LogP contribution in [-0.2, 0) is 26.0 Å². The highest BCUT2D eigenvalue weighted by Crippen LogP contribution is 2.34. The Morgan fingerprint density at radius 1 is 1.35 bits per heavy atom. The van der Waals surface area contributed by atoms with E-state index in [-0.39, 0.29) is 18.6 Å². The van der Waals surface area contributed by atoms with Crippen LogP contribution in [0, 0.1) is 5.92 Å². The maximum atomic E-state index is 12.2. The number of anilines is 1.